The molecule has 0 radical (unpaired) electrons. The molecule has 1 saturated carbocycles. The Morgan fingerprint density at radius 1 is 1.33 bits per heavy atom. The molecule has 0 aromatic carbocycles. The summed E-state index contributed by atoms with van der Waals surface area (Å²) < 4.78 is 0. The lowest BCUT2D eigenvalue weighted by Crippen LogP contribution is -2.44. The van der Waals surface area contributed by atoms with E-state index in [-0.39, 0.29) is 18.5 Å². The maximum atomic E-state index is 12.6. The molecule has 1 aromatic rings. The Balaban J connectivity index is 1.77. The van der Waals surface area contributed by atoms with E-state index in [0.29, 0.717) is 5.69 Å². The molecule has 3 amide bonds. The maximum Gasteiger partial charge on any atom is 0.325 e. The molecule has 112 valence electrons. The summed E-state index contributed by atoms with van der Waals surface area (Å²) in [6.07, 6.45) is 3.49. The molecule has 2 N–H and O–H groups in total. The van der Waals surface area contributed by atoms with E-state index in [1.165, 1.54) is 4.90 Å². The molecule has 1 spiro atoms. The molecular weight excluding hydrogens is 268 g/mol. The fraction of sp³-hybridized carbons (Fsp3) is 0.533. The second-order valence-corrected chi connectivity index (χ2v) is 5.66. The van der Waals surface area contributed by atoms with Gasteiger partial charge in [-0.2, -0.15) is 0 Å². The Labute approximate surface area is 123 Å². The Morgan fingerprint density at radius 3 is 2.81 bits per heavy atom. The standard InChI is InChI=1S/C15H20N4O2/c1-2-16-12-7-5-6-11(17-12)10-19-13(20)15(18-14(19)21)8-3-4-9-15/h5-7H,2-4,8-10H2,1H3,(H,16,17)(H,18,21). The zero-order valence-corrected chi connectivity index (χ0v) is 12.2. The van der Waals surface area contributed by atoms with Gasteiger partial charge in [-0.15, -0.1) is 0 Å². The number of anilines is 1. The highest BCUT2D eigenvalue weighted by atomic mass is 16.2. The molecule has 2 aliphatic rings. The average Bonchev–Trinajstić information content (AvgIpc) is 3.02. The van der Waals surface area contributed by atoms with Crippen molar-refractivity contribution in [1.82, 2.24) is 15.2 Å². The summed E-state index contributed by atoms with van der Waals surface area (Å²) in [7, 11) is 0. The highest BCUT2D eigenvalue weighted by Crippen LogP contribution is 2.35. The molecule has 1 aromatic heterocycles. The van der Waals surface area contributed by atoms with Crippen LogP contribution in [0.1, 0.15) is 38.3 Å². The largest absolute Gasteiger partial charge is 0.370 e. The molecule has 21 heavy (non-hydrogen) atoms. The van der Waals surface area contributed by atoms with Crippen LogP contribution in [0.2, 0.25) is 0 Å². The first kappa shape index (κ1) is 13.9. The van der Waals surface area contributed by atoms with Crippen molar-refractivity contribution in [3.8, 4) is 0 Å². The van der Waals surface area contributed by atoms with Crippen LogP contribution in [-0.2, 0) is 11.3 Å². The number of nitrogens with zero attached hydrogens (tertiary/aromatic N) is 2. The van der Waals surface area contributed by atoms with Crippen LogP contribution >= 0.6 is 0 Å². The third-order valence-corrected chi connectivity index (χ3v) is 4.19. The number of hydrogen-bond acceptors (Lipinski definition) is 4. The quantitative estimate of drug-likeness (QED) is 0.830. The third-order valence-electron chi connectivity index (χ3n) is 4.19. The van der Waals surface area contributed by atoms with Gasteiger partial charge in [0, 0.05) is 6.54 Å². The van der Waals surface area contributed by atoms with E-state index in [9.17, 15) is 9.59 Å². The molecule has 0 bridgehead atoms. The van der Waals surface area contributed by atoms with Crippen molar-refractivity contribution in [1.29, 1.82) is 0 Å². The van der Waals surface area contributed by atoms with Gasteiger partial charge in [0.05, 0.1) is 12.2 Å². The summed E-state index contributed by atoms with van der Waals surface area (Å²) in [5.74, 6) is 0.665. The monoisotopic (exact) mass is 288 g/mol. The van der Waals surface area contributed by atoms with Crippen molar-refractivity contribution in [3.63, 3.8) is 0 Å². The van der Waals surface area contributed by atoms with Gasteiger partial charge >= 0.3 is 6.03 Å². The Kier molecular flexibility index (Phi) is 3.53. The summed E-state index contributed by atoms with van der Waals surface area (Å²) in [4.78, 5) is 30.4. The van der Waals surface area contributed by atoms with Gasteiger partial charge in [-0.3, -0.25) is 9.69 Å². The Morgan fingerprint density at radius 2 is 2.10 bits per heavy atom. The summed E-state index contributed by atoms with van der Waals surface area (Å²) in [6, 6.07) is 5.29. The van der Waals surface area contributed by atoms with E-state index < -0.39 is 5.54 Å². The minimum absolute atomic E-state index is 0.0966. The van der Waals surface area contributed by atoms with E-state index in [0.717, 1.165) is 38.0 Å². The number of amides is 3. The molecule has 2 fully saturated rings. The number of carbonyl (C=O) groups excluding carboxylic acids is 2. The molecule has 2 heterocycles. The number of urea groups is 1. The fourth-order valence-electron chi connectivity index (χ4n) is 3.15. The normalized spacial score (nSPS) is 20.1. The van der Waals surface area contributed by atoms with Crippen LogP contribution in [0.15, 0.2) is 18.2 Å². The molecule has 0 atom stereocenters. The van der Waals surface area contributed by atoms with Crippen LogP contribution in [0.25, 0.3) is 0 Å². The predicted octanol–water partition coefficient (Wildman–Crippen LogP) is 1.88. The average molecular weight is 288 g/mol. The van der Waals surface area contributed by atoms with Crippen LogP contribution in [0.5, 0.6) is 0 Å². The van der Waals surface area contributed by atoms with Crippen LogP contribution in [0.4, 0.5) is 10.6 Å². The number of rotatable bonds is 4. The second kappa shape index (κ2) is 5.35. The minimum Gasteiger partial charge on any atom is -0.370 e. The number of pyridine rings is 1. The molecule has 0 unspecified atom stereocenters. The van der Waals surface area contributed by atoms with Crippen LogP contribution in [0, 0.1) is 0 Å². The van der Waals surface area contributed by atoms with Crippen LogP contribution in [0.3, 0.4) is 0 Å². The molecule has 6 heteroatoms. The fourth-order valence-corrected chi connectivity index (χ4v) is 3.15. The highest BCUT2D eigenvalue weighted by Gasteiger charge is 2.52. The molecule has 1 saturated heterocycles. The first-order chi connectivity index (χ1) is 10.1. The third kappa shape index (κ3) is 2.46. The van der Waals surface area contributed by atoms with Crippen LogP contribution in [-0.4, -0.2) is 33.9 Å². The van der Waals surface area contributed by atoms with Gasteiger partial charge in [0.25, 0.3) is 5.91 Å². The van der Waals surface area contributed by atoms with Crippen molar-refractivity contribution < 1.29 is 9.59 Å². The summed E-state index contributed by atoms with van der Waals surface area (Å²) in [6.45, 7) is 3.00. The molecule has 6 nitrogen and oxygen atoms in total. The van der Waals surface area contributed by atoms with E-state index in [2.05, 4.69) is 15.6 Å². The lowest BCUT2D eigenvalue weighted by Gasteiger charge is -2.20. The van der Waals surface area contributed by atoms with E-state index in [4.69, 9.17) is 0 Å². The van der Waals surface area contributed by atoms with Crippen molar-refractivity contribution in [2.24, 2.45) is 0 Å². The SMILES string of the molecule is CCNc1cccc(CN2C(=O)NC3(CCCC3)C2=O)n1. The van der Waals surface area contributed by atoms with Gasteiger partial charge < -0.3 is 10.6 Å². The van der Waals surface area contributed by atoms with Gasteiger partial charge in [-0.05, 0) is 31.9 Å². The zero-order valence-electron chi connectivity index (χ0n) is 12.2. The van der Waals surface area contributed by atoms with Gasteiger partial charge in [0.2, 0.25) is 0 Å². The molecule has 3 rings (SSSR count). The molecule has 1 aliphatic carbocycles. The van der Waals surface area contributed by atoms with E-state index in [1.807, 2.05) is 25.1 Å². The zero-order chi connectivity index (χ0) is 14.9. The number of imide groups is 1. The minimum atomic E-state index is -0.642. The van der Waals surface area contributed by atoms with Gasteiger partial charge in [-0.25, -0.2) is 9.78 Å². The lowest BCUT2D eigenvalue weighted by atomic mass is 9.98. The summed E-state index contributed by atoms with van der Waals surface area (Å²) >= 11 is 0. The highest BCUT2D eigenvalue weighted by molar-refractivity contribution is 6.07. The summed E-state index contributed by atoms with van der Waals surface area (Å²) in [5.41, 5.74) is 0.0723. The van der Waals surface area contributed by atoms with Crippen molar-refractivity contribution >= 4 is 17.8 Å². The van der Waals surface area contributed by atoms with Gasteiger partial charge in [-0.1, -0.05) is 18.9 Å². The molecular formula is C15H20N4O2. The second-order valence-electron chi connectivity index (χ2n) is 5.66. The number of nitrogens with one attached hydrogen (secondary N) is 2. The topological polar surface area (TPSA) is 74.3 Å². The van der Waals surface area contributed by atoms with Gasteiger partial charge in [0.15, 0.2) is 0 Å². The van der Waals surface area contributed by atoms with E-state index >= 15 is 0 Å². The first-order valence-electron chi connectivity index (χ1n) is 7.48. The number of carbonyl (C=O) groups is 2. The van der Waals surface area contributed by atoms with Crippen molar-refractivity contribution in [2.75, 3.05) is 11.9 Å². The van der Waals surface area contributed by atoms with Crippen molar-refractivity contribution in [2.45, 2.75) is 44.7 Å². The number of aromatic nitrogens is 1. The first-order valence-corrected chi connectivity index (χ1v) is 7.48. The van der Waals surface area contributed by atoms with Crippen molar-refractivity contribution in [3.05, 3.63) is 23.9 Å². The number of hydrogen-bond donors (Lipinski definition) is 2. The lowest BCUT2D eigenvalue weighted by molar-refractivity contribution is -0.131. The smallest absolute Gasteiger partial charge is 0.325 e. The maximum absolute atomic E-state index is 12.6. The Bertz CT molecular complexity index is 567. The predicted molar refractivity (Wildman–Crippen MR) is 78.7 cm³/mol. The van der Waals surface area contributed by atoms with Crippen LogP contribution < -0.4 is 10.6 Å². The summed E-state index contributed by atoms with van der Waals surface area (Å²) in [5, 5.41) is 6.01. The Hall–Kier alpha value is -2.11. The van der Waals surface area contributed by atoms with Gasteiger partial charge in [0.1, 0.15) is 11.4 Å². The molecule has 1 aliphatic heterocycles. The van der Waals surface area contributed by atoms with E-state index in [1.54, 1.807) is 0 Å².